The van der Waals surface area contributed by atoms with Crippen LogP contribution in [-0.2, 0) is 5.21 Å². The van der Waals surface area contributed by atoms with Crippen LogP contribution in [0, 0.1) is 0 Å². The summed E-state index contributed by atoms with van der Waals surface area (Å²) in [7, 11) is 0. The molecule has 0 heterocycles. The summed E-state index contributed by atoms with van der Waals surface area (Å²) in [5.41, 5.74) is -0.171. The predicted octanol–water partition coefficient (Wildman–Crippen LogP) is 2.62. The Morgan fingerprint density at radius 3 is 2.18 bits per heavy atom. The molecule has 2 nitrogen and oxygen atoms in total. The Hall–Kier alpha value is -0.0800. The van der Waals surface area contributed by atoms with Gasteiger partial charge in [-0.1, -0.05) is 20.3 Å². The third-order valence-electron chi connectivity index (χ3n) is 2.26. The van der Waals surface area contributed by atoms with Gasteiger partial charge in [-0.3, -0.25) is 0 Å². The second-order valence-corrected chi connectivity index (χ2v) is 3.62. The highest BCUT2D eigenvalue weighted by molar-refractivity contribution is 4.73. The van der Waals surface area contributed by atoms with Gasteiger partial charge in [0.2, 0.25) is 0 Å². The number of hydrogen-bond acceptors (Lipinski definition) is 1. The average Bonchev–Trinajstić information content (AvgIpc) is 2.00. The topological polar surface area (TPSA) is 23.1 Å². The Kier molecular flexibility index (Phi) is 4.69. The first kappa shape index (κ1) is 10.9. The summed E-state index contributed by atoms with van der Waals surface area (Å²) >= 11 is 0. The molecule has 0 aromatic rings. The van der Waals surface area contributed by atoms with E-state index in [9.17, 15) is 5.21 Å². The molecule has 0 unspecified atom stereocenters. The van der Waals surface area contributed by atoms with Crippen molar-refractivity contribution in [1.82, 2.24) is 5.06 Å². The lowest BCUT2D eigenvalue weighted by Gasteiger charge is -2.30. The van der Waals surface area contributed by atoms with Crippen LogP contribution in [0.15, 0.2) is 0 Å². The van der Waals surface area contributed by atoms with E-state index < -0.39 is 0 Å². The van der Waals surface area contributed by atoms with E-state index in [0.717, 1.165) is 19.3 Å². The lowest BCUT2D eigenvalue weighted by atomic mass is 10.0. The van der Waals surface area contributed by atoms with E-state index >= 15 is 0 Å². The smallest absolute Gasteiger partial charge is 0.0434 e. The van der Waals surface area contributed by atoms with Crippen LogP contribution in [-0.4, -0.2) is 17.1 Å². The SMILES string of the molecule is CCCCN([O])C(C)(C)CC. The molecule has 0 aromatic carbocycles. The minimum atomic E-state index is -0.171. The molecule has 0 amide bonds. The molecule has 0 rings (SSSR count). The van der Waals surface area contributed by atoms with Gasteiger partial charge >= 0.3 is 0 Å². The molecule has 0 N–H and O–H groups in total. The fourth-order valence-corrected chi connectivity index (χ4v) is 0.781. The van der Waals surface area contributed by atoms with Crippen molar-refractivity contribution in [3.05, 3.63) is 0 Å². The summed E-state index contributed by atoms with van der Waals surface area (Å²) in [5, 5.41) is 12.6. The van der Waals surface area contributed by atoms with Gasteiger partial charge in [0.1, 0.15) is 0 Å². The lowest BCUT2D eigenvalue weighted by molar-refractivity contribution is -0.218. The van der Waals surface area contributed by atoms with Crippen molar-refractivity contribution in [1.29, 1.82) is 0 Å². The van der Waals surface area contributed by atoms with Gasteiger partial charge in [-0.15, -0.1) is 10.3 Å². The van der Waals surface area contributed by atoms with Crippen LogP contribution in [0.4, 0.5) is 0 Å². The summed E-state index contributed by atoms with van der Waals surface area (Å²) in [6, 6.07) is 0. The number of hydroxylamine groups is 2. The van der Waals surface area contributed by atoms with Crippen molar-refractivity contribution < 1.29 is 5.21 Å². The maximum Gasteiger partial charge on any atom is 0.0434 e. The molecule has 67 valence electrons. The van der Waals surface area contributed by atoms with Crippen LogP contribution >= 0.6 is 0 Å². The summed E-state index contributed by atoms with van der Waals surface area (Å²) in [6.07, 6.45) is 3.02. The molecule has 0 saturated heterocycles. The summed E-state index contributed by atoms with van der Waals surface area (Å²) < 4.78 is 0. The molecule has 0 atom stereocenters. The van der Waals surface area contributed by atoms with Crippen LogP contribution in [0.3, 0.4) is 0 Å². The quantitative estimate of drug-likeness (QED) is 0.564. The van der Waals surface area contributed by atoms with E-state index in [1.54, 1.807) is 0 Å². The molecule has 2 heteroatoms. The largest absolute Gasteiger partial charge is 0.149 e. The standard InChI is InChI=1S/C9H20NO/c1-5-7-8-10(11)9(3,4)6-2/h5-8H2,1-4H3. The minimum absolute atomic E-state index is 0.171. The van der Waals surface area contributed by atoms with E-state index in [1.807, 2.05) is 13.8 Å². The maximum absolute atomic E-state index is 11.4. The Morgan fingerprint density at radius 1 is 1.27 bits per heavy atom. The zero-order valence-corrected chi connectivity index (χ0v) is 8.18. The number of hydrogen-bond donors (Lipinski definition) is 0. The monoisotopic (exact) mass is 158 g/mol. The predicted molar refractivity (Wildman–Crippen MR) is 46.7 cm³/mol. The highest BCUT2D eigenvalue weighted by Crippen LogP contribution is 2.16. The third-order valence-corrected chi connectivity index (χ3v) is 2.26. The Balaban J connectivity index is 3.71. The molecule has 11 heavy (non-hydrogen) atoms. The summed E-state index contributed by atoms with van der Waals surface area (Å²) in [5.74, 6) is 0. The van der Waals surface area contributed by atoms with Gasteiger partial charge in [0.15, 0.2) is 0 Å². The molecule has 0 aliphatic carbocycles. The summed E-state index contributed by atoms with van der Waals surface area (Å²) in [6.45, 7) is 8.83. The normalized spacial score (nSPS) is 12.5. The molecule has 0 bridgehead atoms. The van der Waals surface area contributed by atoms with E-state index in [4.69, 9.17) is 0 Å². The fourth-order valence-electron chi connectivity index (χ4n) is 0.781. The molecule has 1 radical (unpaired) electrons. The maximum atomic E-state index is 11.4. The van der Waals surface area contributed by atoms with Crippen LogP contribution in [0.1, 0.15) is 47.0 Å². The van der Waals surface area contributed by atoms with Gasteiger partial charge in [-0.2, -0.15) is 0 Å². The van der Waals surface area contributed by atoms with E-state index in [-0.39, 0.29) is 5.54 Å². The van der Waals surface area contributed by atoms with Crippen LogP contribution in [0.5, 0.6) is 0 Å². The second kappa shape index (κ2) is 4.73. The molecule has 0 spiro atoms. The molecule has 0 aliphatic heterocycles. The average molecular weight is 158 g/mol. The molecular weight excluding hydrogens is 138 g/mol. The van der Waals surface area contributed by atoms with Crippen LogP contribution < -0.4 is 0 Å². The van der Waals surface area contributed by atoms with Gasteiger partial charge in [-0.25, -0.2) is 0 Å². The third kappa shape index (κ3) is 3.73. The van der Waals surface area contributed by atoms with Crippen molar-refractivity contribution >= 4 is 0 Å². The first-order valence-electron chi connectivity index (χ1n) is 4.49. The minimum Gasteiger partial charge on any atom is -0.149 e. The molecular formula is C9H20NO. The Labute approximate surface area is 70.2 Å². The van der Waals surface area contributed by atoms with Gasteiger partial charge in [0.05, 0.1) is 0 Å². The van der Waals surface area contributed by atoms with Gasteiger partial charge in [-0.05, 0) is 26.7 Å². The van der Waals surface area contributed by atoms with Crippen molar-refractivity contribution in [2.45, 2.75) is 52.5 Å². The molecule has 0 fully saturated rings. The number of unbranched alkanes of at least 4 members (excludes halogenated alkanes) is 1. The number of rotatable bonds is 5. The molecule has 0 aliphatic rings. The van der Waals surface area contributed by atoms with E-state index in [1.165, 1.54) is 5.06 Å². The molecule has 0 saturated carbocycles. The van der Waals surface area contributed by atoms with Gasteiger partial charge in [0.25, 0.3) is 0 Å². The zero-order chi connectivity index (χ0) is 8.91. The highest BCUT2D eigenvalue weighted by Gasteiger charge is 2.23. The van der Waals surface area contributed by atoms with Crippen molar-refractivity contribution in [2.75, 3.05) is 6.54 Å². The van der Waals surface area contributed by atoms with Crippen molar-refractivity contribution in [3.8, 4) is 0 Å². The van der Waals surface area contributed by atoms with Crippen molar-refractivity contribution in [3.63, 3.8) is 0 Å². The summed E-state index contributed by atoms with van der Waals surface area (Å²) in [4.78, 5) is 0. The zero-order valence-electron chi connectivity index (χ0n) is 8.18. The van der Waals surface area contributed by atoms with Crippen molar-refractivity contribution in [2.24, 2.45) is 0 Å². The molecule has 0 aromatic heterocycles. The van der Waals surface area contributed by atoms with Gasteiger partial charge in [0, 0.05) is 12.1 Å². The number of nitrogens with zero attached hydrogens (tertiary/aromatic N) is 1. The highest BCUT2D eigenvalue weighted by atomic mass is 16.5. The lowest BCUT2D eigenvalue weighted by Crippen LogP contribution is -2.40. The van der Waals surface area contributed by atoms with E-state index in [2.05, 4.69) is 13.8 Å². The van der Waals surface area contributed by atoms with E-state index in [0.29, 0.717) is 6.54 Å². The van der Waals surface area contributed by atoms with Gasteiger partial charge < -0.3 is 0 Å². The Bertz CT molecular complexity index is 102. The Morgan fingerprint density at radius 2 is 1.82 bits per heavy atom. The first-order chi connectivity index (χ1) is 5.04. The fraction of sp³-hybridized carbons (Fsp3) is 1.00. The second-order valence-electron chi connectivity index (χ2n) is 3.62. The first-order valence-corrected chi connectivity index (χ1v) is 4.49. The van der Waals surface area contributed by atoms with Crippen LogP contribution in [0.2, 0.25) is 0 Å². The van der Waals surface area contributed by atoms with Crippen LogP contribution in [0.25, 0.3) is 0 Å².